The highest BCUT2D eigenvalue weighted by atomic mass is 19.3. The van der Waals surface area contributed by atoms with Crippen LogP contribution in [0.15, 0.2) is 43.0 Å². The van der Waals surface area contributed by atoms with Gasteiger partial charge in [-0.05, 0) is 17.7 Å². The van der Waals surface area contributed by atoms with Gasteiger partial charge in [0.25, 0.3) is 6.43 Å². The van der Waals surface area contributed by atoms with E-state index in [9.17, 15) is 8.78 Å². The van der Waals surface area contributed by atoms with Crippen LogP contribution in [-0.2, 0) is 0 Å². The normalized spacial score (nSPS) is 11.3. The molecule has 0 aliphatic heterocycles. The third-order valence-corrected chi connectivity index (χ3v) is 2.58. The highest BCUT2D eigenvalue weighted by Gasteiger charge is 2.10. The lowest BCUT2D eigenvalue weighted by molar-refractivity contribution is 0.146. The van der Waals surface area contributed by atoms with Crippen LogP contribution in [0.1, 0.15) is 12.1 Å². The van der Waals surface area contributed by atoms with Crippen LogP contribution in [0.4, 0.5) is 8.78 Å². The largest absolute Gasteiger partial charge is 0.280 e. The lowest BCUT2D eigenvalue weighted by Gasteiger charge is -2.04. The van der Waals surface area contributed by atoms with E-state index in [0.717, 1.165) is 5.56 Å². The van der Waals surface area contributed by atoms with Gasteiger partial charge in [-0.3, -0.25) is 4.98 Å². The maximum atomic E-state index is 12.6. The second kappa shape index (κ2) is 4.14. The standard InChI is InChI=1S/C12H8F2N4/c13-12(14)10-5-8(1-3-15-10)9-6-16-11-2-4-17-18(11)7-9/h1-7,12H. The molecule has 4 nitrogen and oxygen atoms in total. The molecular weight excluding hydrogens is 238 g/mol. The fourth-order valence-corrected chi connectivity index (χ4v) is 1.71. The van der Waals surface area contributed by atoms with Crippen molar-refractivity contribution in [3.8, 4) is 11.1 Å². The third kappa shape index (κ3) is 1.81. The van der Waals surface area contributed by atoms with Crippen molar-refractivity contribution in [1.29, 1.82) is 0 Å². The summed E-state index contributed by atoms with van der Waals surface area (Å²) in [5.41, 5.74) is 1.83. The number of rotatable bonds is 2. The number of fused-ring (bicyclic) bond motifs is 1. The van der Waals surface area contributed by atoms with Gasteiger partial charge in [0.05, 0.1) is 6.20 Å². The molecule has 0 aliphatic rings. The number of aromatic nitrogens is 4. The first-order valence-electron chi connectivity index (χ1n) is 5.28. The molecule has 0 aromatic carbocycles. The second-order valence-electron chi connectivity index (χ2n) is 3.75. The summed E-state index contributed by atoms with van der Waals surface area (Å²) in [6, 6.07) is 4.79. The molecule has 0 fully saturated rings. The van der Waals surface area contributed by atoms with Crippen LogP contribution >= 0.6 is 0 Å². The Balaban J connectivity index is 2.10. The summed E-state index contributed by atoms with van der Waals surface area (Å²) in [7, 11) is 0. The highest BCUT2D eigenvalue weighted by Crippen LogP contribution is 2.23. The van der Waals surface area contributed by atoms with Gasteiger partial charge in [-0.2, -0.15) is 5.10 Å². The minimum atomic E-state index is -2.58. The molecule has 6 heteroatoms. The van der Waals surface area contributed by atoms with Gasteiger partial charge in [0, 0.05) is 30.2 Å². The minimum Gasteiger partial charge on any atom is -0.255 e. The first kappa shape index (κ1) is 10.8. The monoisotopic (exact) mass is 246 g/mol. The molecule has 0 saturated heterocycles. The van der Waals surface area contributed by atoms with E-state index in [1.54, 1.807) is 35.2 Å². The summed E-state index contributed by atoms with van der Waals surface area (Å²) in [6.45, 7) is 0. The molecule has 0 saturated carbocycles. The summed E-state index contributed by atoms with van der Waals surface area (Å²) >= 11 is 0. The molecule has 18 heavy (non-hydrogen) atoms. The molecule has 3 heterocycles. The van der Waals surface area contributed by atoms with E-state index in [0.29, 0.717) is 11.2 Å². The molecule has 3 aromatic rings. The van der Waals surface area contributed by atoms with Gasteiger partial charge in [-0.15, -0.1) is 0 Å². The topological polar surface area (TPSA) is 43.1 Å². The van der Waals surface area contributed by atoms with Crippen molar-refractivity contribution in [2.24, 2.45) is 0 Å². The van der Waals surface area contributed by atoms with Gasteiger partial charge in [0.1, 0.15) is 5.69 Å². The molecule has 0 bridgehead atoms. The molecule has 0 unspecified atom stereocenters. The van der Waals surface area contributed by atoms with Crippen molar-refractivity contribution in [3.05, 3.63) is 48.7 Å². The van der Waals surface area contributed by atoms with Crippen LogP contribution in [-0.4, -0.2) is 19.6 Å². The Kier molecular flexibility index (Phi) is 2.47. The predicted molar refractivity (Wildman–Crippen MR) is 61.2 cm³/mol. The average Bonchev–Trinajstić information content (AvgIpc) is 2.86. The molecule has 3 rings (SSSR count). The van der Waals surface area contributed by atoms with E-state index in [-0.39, 0.29) is 5.69 Å². The Morgan fingerprint density at radius 3 is 2.78 bits per heavy atom. The maximum absolute atomic E-state index is 12.6. The number of nitrogens with zero attached hydrogens (tertiary/aromatic N) is 4. The van der Waals surface area contributed by atoms with E-state index in [1.807, 2.05) is 0 Å². The predicted octanol–water partition coefficient (Wildman–Crippen LogP) is 2.73. The molecule has 0 spiro atoms. The summed E-state index contributed by atoms with van der Waals surface area (Å²) in [5, 5.41) is 4.05. The molecule has 0 N–H and O–H groups in total. The number of hydrogen-bond acceptors (Lipinski definition) is 3. The summed E-state index contributed by atoms with van der Waals surface area (Å²) in [4.78, 5) is 7.81. The van der Waals surface area contributed by atoms with Crippen LogP contribution in [0, 0.1) is 0 Å². The summed E-state index contributed by atoms with van der Waals surface area (Å²) in [6.07, 6.45) is 3.79. The van der Waals surface area contributed by atoms with Crippen LogP contribution < -0.4 is 0 Å². The number of alkyl halides is 2. The molecular formula is C12H8F2N4. The van der Waals surface area contributed by atoms with Crippen molar-refractivity contribution in [3.63, 3.8) is 0 Å². The highest BCUT2D eigenvalue weighted by molar-refractivity contribution is 5.62. The smallest absolute Gasteiger partial charge is 0.255 e. The third-order valence-electron chi connectivity index (χ3n) is 2.58. The SMILES string of the molecule is FC(F)c1cc(-c2cnc3ccnn3c2)ccn1. The van der Waals surface area contributed by atoms with Gasteiger partial charge >= 0.3 is 0 Å². The van der Waals surface area contributed by atoms with E-state index in [2.05, 4.69) is 15.1 Å². The first-order chi connectivity index (χ1) is 8.74. The van der Waals surface area contributed by atoms with Crippen molar-refractivity contribution in [1.82, 2.24) is 19.6 Å². The number of hydrogen-bond donors (Lipinski definition) is 0. The zero-order chi connectivity index (χ0) is 12.5. The Bertz CT molecular complexity index is 693. The van der Waals surface area contributed by atoms with Crippen LogP contribution in [0.2, 0.25) is 0 Å². The fourth-order valence-electron chi connectivity index (χ4n) is 1.71. The fraction of sp³-hybridized carbons (Fsp3) is 0.0833. The average molecular weight is 246 g/mol. The Morgan fingerprint density at radius 2 is 1.94 bits per heavy atom. The summed E-state index contributed by atoms with van der Waals surface area (Å²) in [5.74, 6) is 0. The van der Waals surface area contributed by atoms with Crippen molar-refractivity contribution >= 4 is 5.65 Å². The number of pyridine rings is 1. The Labute approximate surface area is 101 Å². The molecule has 90 valence electrons. The Morgan fingerprint density at radius 1 is 1.06 bits per heavy atom. The van der Waals surface area contributed by atoms with Crippen molar-refractivity contribution in [2.45, 2.75) is 6.43 Å². The van der Waals surface area contributed by atoms with Crippen LogP contribution in [0.25, 0.3) is 16.8 Å². The van der Waals surface area contributed by atoms with Gasteiger partial charge in [0.15, 0.2) is 5.65 Å². The van der Waals surface area contributed by atoms with E-state index < -0.39 is 6.43 Å². The van der Waals surface area contributed by atoms with E-state index >= 15 is 0 Å². The maximum Gasteiger partial charge on any atom is 0.280 e. The van der Waals surface area contributed by atoms with Gasteiger partial charge in [-0.25, -0.2) is 18.3 Å². The van der Waals surface area contributed by atoms with Gasteiger partial charge in [-0.1, -0.05) is 0 Å². The van der Waals surface area contributed by atoms with Crippen LogP contribution in [0.5, 0.6) is 0 Å². The summed E-state index contributed by atoms with van der Waals surface area (Å²) < 4.78 is 26.7. The minimum absolute atomic E-state index is 0.243. The lowest BCUT2D eigenvalue weighted by atomic mass is 10.1. The van der Waals surface area contributed by atoms with Crippen molar-refractivity contribution in [2.75, 3.05) is 0 Å². The number of halogens is 2. The van der Waals surface area contributed by atoms with E-state index in [1.165, 1.54) is 12.3 Å². The van der Waals surface area contributed by atoms with Crippen LogP contribution in [0.3, 0.4) is 0 Å². The molecule has 0 radical (unpaired) electrons. The molecule has 0 atom stereocenters. The lowest BCUT2D eigenvalue weighted by Crippen LogP contribution is -1.93. The van der Waals surface area contributed by atoms with E-state index in [4.69, 9.17) is 0 Å². The Hall–Kier alpha value is -2.37. The van der Waals surface area contributed by atoms with Gasteiger partial charge in [0.2, 0.25) is 0 Å². The zero-order valence-corrected chi connectivity index (χ0v) is 9.16. The van der Waals surface area contributed by atoms with Gasteiger partial charge < -0.3 is 0 Å². The first-order valence-corrected chi connectivity index (χ1v) is 5.28. The molecule has 3 aromatic heterocycles. The quantitative estimate of drug-likeness (QED) is 0.698. The second-order valence-corrected chi connectivity index (χ2v) is 3.75. The molecule has 0 amide bonds. The zero-order valence-electron chi connectivity index (χ0n) is 9.16. The molecule has 0 aliphatic carbocycles. The van der Waals surface area contributed by atoms with Crippen molar-refractivity contribution < 1.29 is 8.78 Å².